The van der Waals surface area contributed by atoms with Crippen molar-refractivity contribution in [2.45, 2.75) is 12.4 Å². The first-order valence-corrected chi connectivity index (χ1v) is 5.01. The van der Waals surface area contributed by atoms with Gasteiger partial charge >= 0.3 is 0 Å². The largest absolute Gasteiger partial charge is 0.346 e. The monoisotopic (exact) mass is 234 g/mol. The lowest BCUT2D eigenvalue weighted by atomic mass is 10.2. The van der Waals surface area contributed by atoms with Crippen molar-refractivity contribution in [3.8, 4) is 0 Å². The molecule has 2 unspecified atom stereocenters. The highest BCUT2D eigenvalue weighted by atomic mass is 35.5. The second kappa shape index (κ2) is 4.43. The van der Waals surface area contributed by atoms with E-state index in [1.54, 1.807) is 0 Å². The van der Waals surface area contributed by atoms with Gasteiger partial charge < -0.3 is 9.47 Å². The molecular formula is C10H9ClF2O2. The summed E-state index contributed by atoms with van der Waals surface area (Å²) in [5, 5.41) is 0. The van der Waals surface area contributed by atoms with Crippen LogP contribution in [-0.2, 0) is 9.47 Å². The van der Waals surface area contributed by atoms with Gasteiger partial charge in [0.05, 0.1) is 18.6 Å². The van der Waals surface area contributed by atoms with Crippen LogP contribution in [0.1, 0.15) is 11.9 Å². The Morgan fingerprint density at radius 2 is 1.93 bits per heavy atom. The maximum absolute atomic E-state index is 12.9. The number of alkyl halides is 1. The number of hydrogen-bond donors (Lipinski definition) is 0. The van der Waals surface area contributed by atoms with Crippen LogP contribution in [0.25, 0.3) is 0 Å². The van der Waals surface area contributed by atoms with Gasteiger partial charge in [0, 0.05) is 11.6 Å². The van der Waals surface area contributed by atoms with E-state index in [9.17, 15) is 8.78 Å². The number of hydrogen-bond acceptors (Lipinski definition) is 2. The molecule has 1 aromatic rings. The molecule has 5 heteroatoms. The van der Waals surface area contributed by atoms with E-state index in [-0.39, 0.29) is 6.10 Å². The molecule has 0 bridgehead atoms. The number of halogens is 3. The third kappa shape index (κ3) is 2.45. The maximum Gasteiger partial charge on any atom is 0.184 e. The molecule has 0 radical (unpaired) electrons. The van der Waals surface area contributed by atoms with Gasteiger partial charge in [-0.1, -0.05) is 0 Å². The SMILES string of the molecule is Fc1cc(F)cc(C2OCC(CCl)O2)c1. The Balaban J connectivity index is 2.16. The zero-order valence-electron chi connectivity index (χ0n) is 7.75. The van der Waals surface area contributed by atoms with Crippen LogP contribution in [0.5, 0.6) is 0 Å². The molecule has 0 saturated carbocycles. The molecule has 0 N–H and O–H groups in total. The third-order valence-corrected chi connectivity index (χ3v) is 2.42. The lowest BCUT2D eigenvalue weighted by Crippen LogP contribution is -2.10. The molecule has 0 aliphatic carbocycles. The van der Waals surface area contributed by atoms with Gasteiger partial charge in [-0.05, 0) is 12.1 Å². The lowest BCUT2D eigenvalue weighted by molar-refractivity contribution is -0.0570. The van der Waals surface area contributed by atoms with Gasteiger partial charge in [-0.3, -0.25) is 0 Å². The smallest absolute Gasteiger partial charge is 0.184 e. The van der Waals surface area contributed by atoms with Crippen molar-refractivity contribution >= 4 is 11.6 Å². The Morgan fingerprint density at radius 1 is 1.27 bits per heavy atom. The standard InChI is InChI=1S/C10H9ClF2O2/c11-4-9-5-14-10(15-9)6-1-7(12)3-8(13)2-6/h1-3,9-10H,4-5H2. The average Bonchev–Trinajstić information content (AvgIpc) is 2.64. The summed E-state index contributed by atoms with van der Waals surface area (Å²) in [6.45, 7) is 0.340. The van der Waals surface area contributed by atoms with Crippen molar-refractivity contribution in [3.63, 3.8) is 0 Å². The van der Waals surface area contributed by atoms with Crippen molar-refractivity contribution in [3.05, 3.63) is 35.4 Å². The van der Waals surface area contributed by atoms with Gasteiger partial charge in [0.1, 0.15) is 11.6 Å². The van der Waals surface area contributed by atoms with E-state index in [0.717, 1.165) is 6.07 Å². The van der Waals surface area contributed by atoms with Crippen LogP contribution in [-0.4, -0.2) is 18.6 Å². The van der Waals surface area contributed by atoms with Gasteiger partial charge in [0.15, 0.2) is 6.29 Å². The van der Waals surface area contributed by atoms with Crippen LogP contribution in [0.4, 0.5) is 8.78 Å². The first kappa shape index (κ1) is 10.8. The summed E-state index contributed by atoms with van der Waals surface area (Å²) in [5.41, 5.74) is 0.333. The first-order chi connectivity index (χ1) is 7.19. The highest BCUT2D eigenvalue weighted by Gasteiger charge is 2.27. The fraction of sp³-hybridized carbons (Fsp3) is 0.400. The summed E-state index contributed by atoms with van der Waals surface area (Å²) in [7, 11) is 0. The van der Waals surface area contributed by atoms with E-state index >= 15 is 0 Å². The highest BCUT2D eigenvalue weighted by molar-refractivity contribution is 6.18. The molecule has 1 aliphatic rings. The predicted octanol–water partition coefficient (Wildman–Crippen LogP) is 2.62. The van der Waals surface area contributed by atoms with Crippen molar-refractivity contribution in [2.75, 3.05) is 12.5 Å². The van der Waals surface area contributed by atoms with E-state index in [2.05, 4.69) is 0 Å². The predicted molar refractivity (Wildman–Crippen MR) is 50.6 cm³/mol. The van der Waals surface area contributed by atoms with Crippen LogP contribution in [0.3, 0.4) is 0 Å². The van der Waals surface area contributed by atoms with Crippen molar-refractivity contribution in [2.24, 2.45) is 0 Å². The van der Waals surface area contributed by atoms with E-state index < -0.39 is 17.9 Å². The second-order valence-corrected chi connectivity index (χ2v) is 3.59. The van der Waals surface area contributed by atoms with E-state index in [4.69, 9.17) is 21.1 Å². The molecule has 2 rings (SSSR count). The maximum atomic E-state index is 12.9. The van der Waals surface area contributed by atoms with Crippen LogP contribution in [0, 0.1) is 11.6 Å². The van der Waals surface area contributed by atoms with E-state index in [0.29, 0.717) is 18.1 Å². The second-order valence-electron chi connectivity index (χ2n) is 3.28. The minimum absolute atomic E-state index is 0.219. The van der Waals surface area contributed by atoms with Crippen LogP contribution < -0.4 is 0 Å². The average molecular weight is 235 g/mol. The normalized spacial score (nSPS) is 25.8. The summed E-state index contributed by atoms with van der Waals surface area (Å²) in [6.07, 6.45) is -0.943. The first-order valence-electron chi connectivity index (χ1n) is 4.48. The Hall–Kier alpha value is -0.710. The Labute approximate surface area is 90.7 Å². The van der Waals surface area contributed by atoms with Gasteiger partial charge in [-0.15, -0.1) is 11.6 Å². The fourth-order valence-corrected chi connectivity index (χ4v) is 1.58. The zero-order chi connectivity index (χ0) is 10.8. The zero-order valence-corrected chi connectivity index (χ0v) is 8.51. The summed E-state index contributed by atoms with van der Waals surface area (Å²) in [5.74, 6) is -0.994. The minimum Gasteiger partial charge on any atom is -0.346 e. The van der Waals surface area contributed by atoms with Crippen molar-refractivity contribution in [1.82, 2.24) is 0 Å². The molecule has 2 atom stereocenters. The molecule has 1 aromatic carbocycles. The van der Waals surface area contributed by atoms with E-state index in [1.165, 1.54) is 12.1 Å². The molecule has 1 heterocycles. The molecular weight excluding hydrogens is 226 g/mol. The third-order valence-electron chi connectivity index (χ3n) is 2.08. The van der Waals surface area contributed by atoms with Crippen molar-refractivity contribution in [1.29, 1.82) is 0 Å². The summed E-state index contributed by atoms with van der Waals surface area (Å²) >= 11 is 5.57. The number of benzene rings is 1. The summed E-state index contributed by atoms with van der Waals surface area (Å²) in [6, 6.07) is 3.17. The topological polar surface area (TPSA) is 18.5 Å². The molecule has 0 aromatic heterocycles. The van der Waals surface area contributed by atoms with Gasteiger partial charge in [0.2, 0.25) is 0 Å². The van der Waals surface area contributed by atoms with E-state index in [1.807, 2.05) is 0 Å². The lowest BCUT2D eigenvalue weighted by Gasteiger charge is -2.10. The molecule has 82 valence electrons. The fourth-order valence-electron chi connectivity index (χ4n) is 1.42. The molecule has 1 aliphatic heterocycles. The number of rotatable bonds is 2. The Kier molecular flexibility index (Phi) is 3.19. The number of ether oxygens (including phenoxy) is 2. The summed E-state index contributed by atoms with van der Waals surface area (Å²) < 4.78 is 36.3. The molecule has 1 saturated heterocycles. The molecule has 2 nitrogen and oxygen atoms in total. The van der Waals surface area contributed by atoms with Gasteiger partial charge in [-0.2, -0.15) is 0 Å². The summed E-state index contributed by atoms with van der Waals surface area (Å²) in [4.78, 5) is 0. The van der Waals surface area contributed by atoms with Crippen LogP contribution in [0.2, 0.25) is 0 Å². The van der Waals surface area contributed by atoms with Crippen LogP contribution >= 0.6 is 11.6 Å². The quantitative estimate of drug-likeness (QED) is 0.733. The molecule has 0 spiro atoms. The highest BCUT2D eigenvalue weighted by Crippen LogP contribution is 2.28. The minimum atomic E-state index is -0.723. The Morgan fingerprint density at radius 3 is 2.47 bits per heavy atom. The van der Waals surface area contributed by atoms with Gasteiger partial charge in [-0.25, -0.2) is 8.78 Å². The molecule has 0 amide bonds. The molecule has 15 heavy (non-hydrogen) atoms. The van der Waals surface area contributed by atoms with Gasteiger partial charge in [0.25, 0.3) is 0 Å². The van der Waals surface area contributed by atoms with Crippen molar-refractivity contribution < 1.29 is 18.3 Å². The molecule has 1 fully saturated rings. The Bertz CT molecular complexity index is 339. The van der Waals surface area contributed by atoms with Crippen LogP contribution in [0.15, 0.2) is 18.2 Å².